The monoisotopic (exact) mass is 460 g/mol. The number of pyridine rings is 1. The number of likely N-dealkylation sites (tertiary alicyclic amines) is 1. The molecule has 30 heavy (non-hydrogen) atoms. The predicted molar refractivity (Wildman–Crippen MR) is 122 cm³/mol. The van der Waals surface area contributed by atoms with Gasteiger partial charge in [0, 0.05) is 36.8 Å². The molecular formula is C22H22Cl2N4OS. The van der Waals surface area contributed by atoms with Crippen molar-refractivity contribution in [2.24, 2.45) is 5.92 Å². The zero-order chi connectivity index (χ0) is 20.9. The van der Waals surface area contributed by atoms with Crippen molar-refractivity contribution in [2.45, 2.75) is 19.4 Å². The Bertz CT molecular complexity index is 1000. The van der Waals surface area contributed by atoms with Gasteiger partial charge >= 0.3 is 0 Å². The third kappa shape index (κ3) is 5.19. The first-order valence-corrected chi connectivity index (χ1v) is 11.5. The van der Waals surface area contributed by atoms with E-state index in [0.29, 0.717) is 21.5 Å². The molecule has 2 aromatic heterocycles. The molecule has 3 heterocycles. The van der Waals surface area contributed by atoms with Crippen LogP contribution in [0.15, 0.2) is 48.0 Å². The van der Waals surface area contributed by atoms with E-state index in [4.69, 9.17) is 28.2 Å². The number of carbonyl (C=O) groups excluding carboxylic acids is 1. The number of hydrogen-bond donors (Lipinski definition) is 1. The molecule has 1 aliphatic rings. The largest absolute Gasteiger partial charge is 0.339 e. The van der Waals surface area contributed by atoms with E-state index in [2.05, 4.69) is 10.3 Å². The van der Waals surface area contributed by atoms with E-state index < -0.39 is 0 Å². The molecule has 156 valence electrons. The van der Waals surface area contributed by atoms with Crippen molar-refractivity contribution in [3.8, 4) is 10.7 Å². The van der Waals surface area contributed by atoms with Gasteiger partial charge in [-0.25, -0.2) is 9.97 Å². The summed E-state index contributed by atoms with van der Waals surface area (Å²) in [6.07, 6.45) is 3.75. The number of nitrogens with zero attached hydrogens (tertiary/aromatic N) is 3. The van der Waals surface area contributed by atoms with E-state index in [1.165, 1.54) is 0 Å². The van der Waals surface area contributed by atoms with Gasteiger partial charge in [-0.3, -0.25) is 4.79 Å². The van der Waals surface area contributed by atoms with Crippen LogP contribution in [0.4, 0.5) is 0 Å². The number of carbonyl (C=O) groups is 1. The molecule has 1 saturated heterocycles. The molecule has 0 saturated carbocycles. The van der Waals surface area contributed by atoms with E-state index >= 15 is 0 Å². The van der Waals surface area contributed by atoms with Crippen LogP contribution in [0.25, 0.3) is 10.7 Å². The second-order valence-corrected chi connectivity index (χ2v) is 9.06. The standard InChI is InChI=1S/C22H22Cl2N4OS/c23-18-5-4-16(12-19(18)24)22(29)28-9-6-15(7-10-28)13-25-14-17-2-1-3-20(27-17)21-26-8-11-30-21/h1-5,8,11-12,15,25H,6-7,9-10,13-14H2. The molecule has 3 aromatic rings. The van der Waals surface area contributed by atoms with Crippen molar-refractivity contribution in [1.82, 2.24) is 20.2 Å². The Balaban J connectivity index is 1.24. The number of nitrogens with one attached hydrogen (secondary N) is 1. The summed E-state index contributed by atoms with van der Waals surface area (Å²) in [6, 6.07) is 11.1. The summed E-state index contributed by atoms with van der Waals surface area (Å²) in [5.74, 6) is 0.563. The van der Waals surface area contributed by atoms with Crippen molar-refractivity contribution < 1.29 is 4.79 Å². The first kappa shape index (κ1) is 21.2. The van der Waals surface area contributed by atoms with Gasteiger partial charge in [0.1, 0.15) is 5.01 Å². The molecule has 1 aromatic carbocycles. The highest BCUT2D eigenvalue weighted by atomic mass is 35.5. The molecule has 0 radical (unpaired) electrons. The van der Waals surface area contributed by atoms with Gasteiger partial charge in [0.2, 0.25) is 0 Å². The van der Waals surface area contributed by atoms with Gasteiger partial charge in [-0.2, -0.15) is 0 Å². The fraction of sp³-hybridized carbons (Fsp3) is 0.318. The smallest absolute Gasteiger partial charge is 0.253 e. The normalized spacial score (nSPS) is 14.8. The van der Waals surface area contributed by atoms with Gasteiger partial charge in [-0.15, -0.1) is 11.3 Å². The average molecular weight is 461 g/mol. The van der Waals surface area contributed by atoms with Crippen molar-refractivity contribution >= 4 is 40.4 Å². The number of piperidine rings is 1. The molecule has 5 nitrogen and oxygen atoms in total. The summed E-state index contributed by atoms with van der Waals surface area (Å²) in [7, 11) is 0. The number of hydrogen-bond acceptors (Lipinski definition) is 5. The van der Waals surface area contributed by atoms with Crippen molar-refractivity contribution in [1.29, 1.82) is 0 Å². The molecule has 1 amide bonds. The fourth-order valence-electron chi connectivity index (χ4n) is 3.60. The number of amides is 1. The molecule has 0 bridgehead atoms. The third-order valence-corrected chi connectivity index (χ3v) is 6.80. The van der Waals surface area contributed by atoms with Crippen LogP contribution in [0.5, 0.6) is 0 Å². The number of benzene rings is 1. The summed E-state index contributed by atoms with van der Waals surface area (Å²) in [5, 5.41) is 7.29. The molecule has 1 N–H and O–H groups in total. The Labute approximate surface area is 190 Å². The molecule has 0 aliphatic carbocycles. The zero-order valence-corrected chi connectivity index (χ0v) is 18.7. The maximum Gasteiger partial charge on any atom is 0.253 e. The van der Waals surface area contributed by atoms with Gasteiger partial charge in [0.15, 0.2) is 0 Å². The van der Waals surface area contributed by atoms with Gasteiger partial charge in [-0.1, -0.05) is 29.3 Å². The lowest BCUT2D eigenvalue weighted by Crippen LogP contribution is -2.40. The summed E-state index contributed by atoms with van der Waals surface area (Å²) in [5.41, 5.74) is 2.51. The third-order valence-electron chi connectivity index (χ3n) is 5.27. The van der Waals surface area contributed by atoms with Gasteiger partial charge < -0.3 is 10.2 Å². The Kier molecular flexibility index (Phi) is 7.00. The second kappa shape index (κ2) is 9.88. The van der Waals surface area contributed by atoms with E-state index in [-0.39, 0.29) is 5.91 Å². The van der Waals surface area contributed by atoms with Crippen LogP contribution in [0.3, 0.4) is 0 Å². The topological polar surface area (TPSA) is 58.1 Å². The molecule has 0 unspecified atom stereocenters. The Morgan fingerprint density at radius 3 is 2.73 bits per heavy atom. The van der Waals surface area contributed by atoms with Crippen LogP contribution in [0, 0.1) is 5.92 Å². The number of rotatable bonds is 6. The minimum Gasteiger partial charge on any atom is -0.339 e. The highest BCUT2D eigenvalue weighted by Gasteiger charge is 2.23. The first-order chi connectivity index (χ1) is 14.6. The maximum absolute atomic E-state index is 12.7. The average Bonchev–Trinajstić information content (AvgIpc) is 3.31. The SMILES string of the molecule is O=C(c1ccc(Cl)c(Cl)c1)N1CCC(CNCc2cccc(-c3nccs3)n2)CC1. The second-order valence-electron chi connectivity index (χ2n) is 7.35. The van der Waals surface area contributed by atoms with Crippen molar-refractivity contribution in [3.63, 3.8) is 0 Å². The van der Waals surface area contributed by atoms with Crippen LogP contribution in [0.1, 0.15) is 28.9 Å². The van der Waals surface area contributed by atoms with E-state index in [1.807, 2.05) is 28.5 Å². The minimum atomic E-state index is 0.0168. The van der Waals surface area contributed by atoms with E-state index in [9.17, 15) is 4.79 Å². The quantitative estimate of drug-likeness (QED) is 0.552. The molecule has 0 spiro atoms. The number of thiazole rings is 1. The van der Waals surface area contributed by atoms with Gasteiger partial charge in [0.25, 0.3) is 5.91 Å². The van der Waals surface area contributed by atoms with E-state index in [1.54, 1.807) is 35.7 Å². The lowest BCUT2D eigenvalue weighted by atomic mass is 9.96. The van der Waals surface area contributed by atoms with Gasteiger partial charge in [0.05, 0.1) is 21.4 Å². The van der Waals surface area contributed by atoms with Crippen LogP contribution < -0.4 is 5.32 Å². The lowest BCUT2D eigenvalue weighted by molar-refractivity contribution is 0.0690. The summed E-state index contributed by atoms with van der Waals surface area (Å²) >= 11 is 13.6. The highest BCUT2D eigenvalue weighted by Crippen LogP contribution is 2.25. The minimum absolute atomic E-state index is 0.0168. The molecule has 4 rings (SSSR count). The molecule has 8 heteroatoms. The van der Waals surface area contributed by atoms with Crippen LogP contribution in [-0.4, -0.2) is 40.4 Å². The number of aromatic nitrogens is 2. The lowest BCUT2D eigenvalue weighted by Gasteiger charge is -2.32. The molecule has 0 atom stereocenters. The van der Waals surface area contributed by atoms with Crippen LogP contribution in [-0.2, 0) is 6.54 Å². The maximum atomic E-state index is 12.7. The molecular weight excluding hydrogens is 439 g/mol. The van der Waals surface area contributed by atoms with E-state index in [0.717, 1.165) is 55.4 Å². The fourth-order valence-corrected chi connectivity index (χ4v) is 4.51. The molecule has 1 fully saturated rings. The number of halogens is 2. The highest BCUT2D eigenvalue weighted by molar-refractivity contribution is 7.13. The first-order valence-electron chi connectivity index (χ1n) is 9.91. The van der Waals surface area contributed by atoms with Crippen molar-refractivity contribution in [3.05, 3.63) is 69.3 Å². The predicted octanol–water partition coefficient (Wildman–Crippen LogP) is 5.15. The Hall–Kier alpha value is -1.99. The summed E-state index contributed by atoms with van der Waals surface area (Å²) in [6.45, 7) is 3.14. The van der Waals surface area contributed by atoms with Crippen molar-refractivity contribution in [2.75, 3.05) is 19.6 Å². The zero-order valence-electron chi connectivity index (χ0n) is 16.4. The summed E-state index contributed by atoms with van der Waals surface area (Å²) < 4.78 is 0. The summed E-state index contributed by atoms with van der Waals surface area (Å²) in [4.78, 5) is 23.6. The Morgan fingerprint density at radius 2 is 2.00 bits per heavy atom. The van der Waals surface area contributed by atoms with Crippen LogP contribution in [0.2, 0.25) is 10.0 Å². The van der Waals surface area contributed by atoms with Crippen LogP contribution >= 0.6 is 34.5 Å². The van der Waals surface area contributed by atoms with Gasteiger partial charge in [-0.05, 0) is 55.6 Å². The Morgan fingerprint density at radius 1 is 1.17 bits per heavy atom. The molecule has 1 aliphatic heterocycles.